The summed E-state index contributed by atoms with van der Waals surface area (Å²) in [6.07, 6.45) is -4.35. The third-order valence-electron chi connectivity index (χ3n) is 5.79. The van der Waals surface area contributed by atoms with Gasteiger partial charge in [0, 0.05) is 23.9 Å². The highest BCUT2D eigenvalue weighted by atomic mass is 19.4. The van der Waals surface area contributed by atoms with E-state index in [1.165, 1.54) is 18.2 Å². The van der Waals surface area contributed by atoms with Gasteiger partial charge >= 0.3 is 12.1 Å². The molecule has 0 bridgehead atoms. The van der Waals surface area contributed by atoms with E-state index in [-0.39, 0.29) is 21.6 Å². The molecule has 1 amide bonds. The van der Waals surface area contributed by atoms with Crippen molar-refractivity contribution < 1.29 is 31.1 Å². The highest BCUT2D eigenvalue weighted by Gasteiger charge is 2.60. The molecule has 2 aromatic carbocycles. The van der Waals surface area contributed by atoms with Gasteiger partial charge in [-0.15, -0.1) is 0 Å². The van der Waals surface area contributed by atoms with Gasteiger partial charge in [-0.2, -0.15) is 32.1 Å². The van der Waals surface area contributed by atoms with Crippen LogP contribution in [0.25, 0.3) is 16.9 Å². The zero-order valence-corrected chi connectivity index (χ0v) is 20.0. The number of benzene rings is 2. The number of amides is 1. The number of aromatic nitrogens is 5. The molecule has 0 saturated heterocycles. The molecule has 0 fully saturated rings. The summed E-state index contributed by atoms with van der Waals surface area (Å²) in [6, 6.07) is 15.1. The maximum atomic E-state index is 14.5. The molecule has 5 aromatic rings. The molecule has 0 aliphatic rings. The molecule has 200 valence electrons. The molecular weight excluding hydrogens is 526 g/mol. The van der Waals surface area contributed by atoms with Gasteiger partial charge in [-0.05, 0) is 42.8 Å². The standard InChI is InChI=1S/C26H18F6N6O/c1-15-3-2-4-16(11-15)14-37-10-9-22(36-37)34-24(39)20-13-23-33-19(17-5-7-18(27)8-6-17)12-21(38(23)35-20)25(28,29)26(30,31)32/h2-13H,14H2,1H3,(H,34,36,39). The number of halogens is 6. The number of nitrogens with zero attached hydrogens (tertiary/aromatic N) is 5. The minimum atomic E-state index is -5.96. The Hall–Kier alpha value is -4.68. The summed E-state index contributed by atoms with van der Waals surface area (Å²) < 4.78 is 84.2. The molecule has 1 N–H and O–H groups in total. The zero-order chi connectivity index (χ0) is 27.9. The van der Waals surface area contributed by atoms with Crippen LogP contribution in [0, 0.1) is 12.7 Å². The van der Waals surface area contributed by atoms with Crippen molar-refractivity contribution >= 4 is 17.4 Å². The third kappa shape index (κ3) is 5.19. The van der Waals surface area contributed by atoms with Gasteiger partial charge in [-0.25, -0.2) is 13.9 Å². The van der Waals surface area contributed by atoms with Crippen molar-refractivity contribution in [2.75, 3.05) is 5.32 Å². The fourth-order valence-electron chi connectivity index (χ4n) is 3.92. The van der Waals surface area contributed by atoms with E-state index in [4.69, 9.17) is 0 Å². The summed E-state index contributed by atoms with van der Waals surface area (Å²) in [5.41, 5.74) is -0.630. The van der Waals surface area contributed by atoms with Crippen LogP contribution in [0.1, 0.15) is 27.3 Å². The van der Waals surface area contributed by atoms with Crippen molar-refractivity contribution in [3.8, 4) is 11.3 Å². The topological polar surface area (TPSA) is 77.1 Å². The summed E-state index contributed by atoms with van der Waals surface area (Å²) >= 11 is 0. The highest BCUT2D eigenvalue weighted by molar-refractivity contribution is 6.03. The van der Waals surface area contributed by atoms with E-state index in [1.807, 2.05) is 31.2 Å². The summed E-state index contributed by atoms with van der Waals surface area (Å²) in [4.78, 5) is 16.9. The number of hydrogen-bond acceptors (Lipinski definition) is 4. The Kier molecular flexibility index (Phi) is 6.36. The first-order chi connectivity index (χ1) is 18.4. The second-order valence-corrected chi connectivity index (χ2v) is 8.75. The maximum Gasteiger partial charge on any atom is 0.459 e. The fraction of sp³-hybridized carbons (Fsp3) is 0.154. The third-order valence-corrected chi connectivity index (χ3v) is 5.79. The molecule has 13 heteroatoms. The van der Waals surface area contributed by atoms with Crippen LogP contribution >= 0.6 is 0 Å². The van der Waals surface area contributed by atoms with Crippen LogP contribution in [0.4, 0.5) is 32.2 Å². The SMILES string of the molecule is Cc1cccc(Cn2ccc(NC(=O)c3cc4nc(-c5ccc(F)cc5)cc(C(F)(F)C(F)(F)F)n4n3)n2)c1. The van der Waals surface area contributed by atoms with Gasteiger partial charge in [0.1, 0.15) is 11.5 Å². The van der Waals surface area contributed by atoms with E-state index in [0.29, 0.717) is 12.6 Å². The fourth-order valence-corrected chi connectivity index (χ4v) is 3.92. The summed E-state index contributed by atoms with van der Waals surface area (Å²) in [5, 5.41) is 10.4. The summed E-state index contributed by atoms with van der Waals surface area (Å²) in [6.45, 7) is 2.36. The number of fused-ring (bicyclic) bond motifs is 1. The predicted molar refractivity (Wildman–Crippen MR) is 129 cm³/mol. The van der Waals surface area contributed by atoms with Crippen molar-refractivity contribution in [1.29, 1.82) is 0 Å². The van der Waals surface area contributed by atoms with Gasteiger partial charge < -0.3 is 5.32 Å². The summed E-state index contributed by atoms with van der Waals surface area (Å²) in [7, 11) is 0. The number of carbonyl (C=O) groups excluding carboxylic acids is 1. The molecule has 3 heterocycles. The molecule has 0 radical (unpaired) electrons. The molecule has 0 aliphatic heterocycles. The van der Waals surface area contributed by atoms with Crippen LogP contribution in [0.2, 0.25) is 0 Å². The van der Waals surface area contributed by atoms with Gasteiger partial charge in [0.2, 0.25) is 0 Å². The lowest BCUT2D eigenvalue weighted by Crippen LogP contribution is -2.36. The van der Waals surface area contributed by atoms with E-state index in [2.05, 4.69) is 20.5 Å². The zero-order valence-electron chi connectivity index (χ0n) is 20.0. The van der Waals surface area contributed by atoms with Crippen LogP contribution < -0.4 is 5.32 Å². The molecule has 0 aliphatic carbocycles. The van der Waals surface area contributed by atoms with Crippen LogP contribution in [0.3, 0.4) is 0 Å². The number of rotatable bonds is 6. The molecule has 0 unspecified atom stereocenters. The number of alkyl halides is 5. The lowest BCUT2D eigenvalue weighted by atomic mass is 10.1. The first-order valence-electron chi connectivity index (χ1n) is 11.4. The minimum Gasteiger partial charge on any atom is -0.304 e. The van der Waals surface area contributed by atoms with E-state index in [1.54, 1.807) is 10.9 Å². The average molecular weight is 544 g/mol. The van der Waals surface area contributed by atoms with Crippen LogP contribution in [0.5, 0.6) is 0 Å². The Balaban J connectivity index is 1.48. The quantitative estimate of drug-likeness (QED) is 0.266. The van der Waals surface area contributed by atoms with E-state index in [9.17, 15) is 31.1 Å². The van der Waals surface area contributed by atoms with Crippen molar-refractivity contribution in [3.63, 3.8) is 0 Å². The van der Waals surface area contributed by atoms with Crippen molar-refractivity contribution in [2.45, 2.75) is 25.6 Å². The van der Waals surface area contributed by atoms with Gasteiger partial charge in [0.05, 0.1) is 12.2 Å². The van der Waals surface area contributed by atoms with Crippen LogP contribution in [-0.4, -0.2) is 36.5 Å². The predicted octanol–water partition coefficient (Wildman–Crippen LogP) is 6.00. The molecular formula is C26H18F6N6O. The number of anilines is 1. The van der Waals surface area contributed by atoms with Gasteiger partial charge in [0.15, 0.2) is 17.2 Å². The molecule has 39 heavy (non-hydrogen) atoms. The average Bonchev–Trinajstić information content (AvgIpc) is 3.50. The van der Waals surface area contributed by atoms with Crippen molar-refractivity contribution in [1.82, 2.24) is 24.4 Å². The molecule has 3 aromatic heterocycles. The van der Waals surface area contributed by atoms with E-state index >= 15 is 0 Å². The van der Waals surface area contributed by atoms with Gasteiger partial charge in [-0.1, -0.05) is 29.8 Å². The van der Waals surface area contributed by atoms with E-state index in [0.717, 1.165) is 29.3 Å². The lowest BCUT2D eigenvalue weighted by Gasteiger charge is -2.21. The van der Waals surface area contributed by atoms with Crippen LogP contribution in [-0.2, 0) is 12.5 Å². The molecule has 5 rings (SSSR count). The van der Waals surface area contributed by atoms with Gasteiger partial charge in [-0.3, -0.25) is 9.48 Å². The lowest BCUT2D eigenvalue weighted by molar-refractivity contribution is -0.291. The monoisotopic (exact) mass is 544 g/mol. The molecule has 7 nitrogen and oxygen atoms in total. The smallest absolute Gasteiger partial charge is 0.304 e. The number of aryl methyl sites for hydroxylation is 1. The van der Waals surface area contributed by atoms with Crippen LogP contribution in [0.15, 0.2) is 72.9 Å². The van der Waals surface area contributed by atoms with Crippen molar-refractivity contribution in [3.05, 3.63) is 101 Å². The minimum absolute atomic E-state index is 0.0875. The Morgan fingerprint density at radius 1 is 0.949 bits per heavy atom. The Morgan fingerprint density at radius 3 is 2.38 bits per heavy atom. The summed E-state index contributed by atoms with van der Waals surface area (Å²) in [5.74, 6) is -6.75. The Morgan fingerprint density at radius 2 is 1.69 bits per heavy atom. The Bertz CT molecular complexity index is 1670. The number of nitrogens with one attached hydrogen (secondary N) is 1. The second-order valence-electron chi connectivity index (χ2n) is 8.75. The number of hydrogen-bond donors (Lipinski definition) is 1. The maximum absolute atomic E-state index is 14.5. The molecule has 0 spiro atoms. The van der Waals surface area contributed by atoms with E-state index < -0.39 is 40.9 Å². The first kappa shape index (κ1) is 25.9. The molecule has 0 saturated carbocycles. The molecule has 0 atom stereocenters. The first-order valence-corrected chi connectivity index (χ1v) is 11.4. The second kappa shape index (κ2) is 9.57. The highest BCUT2D eigenvalue weighted by Crippen LogP contribution is 2.44. The van der Waals surface area contributed by atoms with Crippen molar-refractivity contribution in [2.24, 2.45) is 0 Å². The largest absolute Gasteiger partial charge is 0.459 e. The normalized spacial score (nSPS) is 12.2. The number of carbonyl (C=O) groups is 1. The van der Waals surface area contributed by atoms with Gasteiger partial charge in [0.25, 0.3) is 5.91 Å². The Labute approximate surface area is 216 Å².